The van der Waals surface area contributed by atoms with Gasteiger partial charge in [-0.15, -0.1) is 0 Å². The fourth-order valence-electron chi connectivity index (χ4n) is 1.67. The van der Waals surface area contributed by atoms with E-state index in [2.05, 4.69) is 10.3 Å². The summed E-state index contributed by atoms with van der Waals surface area (Å²) in [6, 6.07) is 5.66. The number of rotatable bonds is 4. The molecule has 0 aliphatic heterocycles. The highest BCUT2D eigenvalue weighted by Gasteiger charge is 2.16. The minimum absolute atomic E-state index is 0.418. The molecule has 5 nitrogen and oxygen atoms in total. The number of amides is 1. The molecule has 0 saturated carbocycles. The Bertz CT molecular complexity index is 526. The molecule has 0 spiro atoms. The number of aryl methyl sites for hydroxylation is 1. The van der Waals surface area contributed by atoms with Crippen molar-refractivity contribution < 1.29 is 14.3 Å². The molecule has 0 saturated heterocycles. The summed E-state index contributed by atoms with van der Waals surface area (Å²) in [6.07, 6.45) is 1.71. The highest BCUT2D eigenvalue weighted by molar-refractivity contribution is 5.85. The van der Waals surface area contributed by atoms with Crippen LogP contribution in [0.25, 0.3) is 0 Å². The van der Waals surface area contributed by atoms with Crippen molar-refractivity contribution in [2.75, 3.05) is 11.9 Å². The summed E-state index contributed by atoms with van der Waals surface area (Å²) in [5, 5.41) is 2.71. The van der Waals surface area contributed by atoms with Crippen LogP contribution in [0, 0.1) is 6.92 Å². The Morgan fingerprint density at radius 3 is 2.65 bits per heavy atom. The number of nitrogens with zero attached hydrogens (tertiary/aromatic N) is 1. The molecule has 1 amide bonds. The van der Waals surface area contributed by atoms with Crippen LogP contribution in [-0.4, -0.2) is 24.3 Å². The zero-order valence-electron chi connectivity index (χ0n) is 12.3. The number of carbonyl (C=O) groups is 1. The van der Waals surface area contributed by atoms with E-state index in [0.717, 1.165) is 11.1 Å². The number of anilines is 1. The lowest BCUT2D eigenvalue weighted by Crippen LogP contribution is -2.27. The molecule has 0 bridgehead atoms. The maximum absolute atomic E-state index is 11.7. The van der Waals surface area contributed by atoms with E-state index in [1.165, 1.54) is 6.08 Å². The van der Waals surface area contributed by atoms with Crippen LogP contribution in [0.3, 0.4) is 0 Å². The normalized spacial score (nSPS) is 10.6. The van der Waals surface area contributed by atoms with E-state index in [0.29, 0.717) is 18.7 Å². The highest BCUT2D eigenvalue weighted by Crippen LogP contribution is 2.18. The zero-order valence-corrected chi connectivity index (χ0v) is 12.3. The second-order valence-corrected chi connectivity index (χ2v) is 5.50. The number of isocyanates is 1. The summed E-state index contributed by atoms with van der Waals surface area (Å²) in [6.45, 7) is 7.77. The summed E-state index contributed by atoms with van der Waals surface area (Å²) in [4.78, 5) is 25.2. The van der Waals surface area contributed by atoms with Crippen molar-refractivity contribution in [2.24, 2.45) is 4.99 Å². The summed E-state index contributed by atoms with van der Waals surface area (Å²) < 4.78 is 5.20. The molecule has 108 valence electrons. The van der Waals surface area contributed by atoms with Gasteiger partial charge in [0.1, 0.15) is 5.60 Å². The molecule has 0 atom stereocenters. The van der Waals surface area contributed by atoms with E-state index in [1.54, 1.807) is 0 Å². The van der Waals surface area contributed by atoms with Gasteiger partial charge >= 0.3 is 6.09 Å². The molecule has 0 heterocycles. The van der Waals surface area contributed by atoms with E-state index in [1.807, 2.05) is 45.9 Å². The first-order valence-corrected chi connectivity index (χ1v) is 6.45. The maximum atomic E-state index is 11.7. The van der Waals surface area contributed by atoms with Crippen LogP contribution in [0.15, 0.2) is 23.2 Å². The number of benzene rings is 1. The molecule has 1 aromatic carbocycles. The van der Waals surface area contributed by atoms with Crippen LogP contribution >= 0.6 is 0 Å². The first-order chi connectivity index (χ1) is 9.31. The van der Waals surface area contributed by atoms with E-state index < -0.39 is 11.7 Å². The third-order valence-corrected chi connectivity index (χ3v) is 2.50. The molecule has 1 aromatic rings. The Labute approximate surface area is 119 Å². The van der Waals surface area contributed by atoms with Crippen LogP contribution in [-0.2, 0) is 16.0 Å². The third kappa shape index (κ3) is 5.67. The third-order valence-electron chi connectivity index (χ3n) is 2.50. The van der Waals surface area contributed by atoms with Crippen LogP contribution in [0.2, 0.25) is 0 Å². The van der Waals surface area contributed by atoms with Crippen molar-refractivity contribution in [3.63, 3.8) is 0 Å². The van der Waals surface area contributed by atoms with Gasteiger partial charge in [0, 0.05) is 5.69 Å². The van der Waals surface area contributed by atoms with Gasteiger partial charge in [0.05, 0.1) is 6.54 Å². The highest BCUT2D eigenvalue weighted by atomic mass is 16.6. The minimum Gasteiger partial charge on any atom is -0.444 e. The molecule has 20 heavy (non-hydrogen) atoms. The van der Waals surface area contributed by atoms with Crippen molar-refractivity contribution in [1.29, 1.82) is 0 Å². The number of ether oxygens (including phenoxy) is 1. The fourth-order valence-corrected chi connectivity index (χ4v) is 1.67. The zero-order chi connectivity index (χ0) is 15.2. The summed E-state index contributed by atoms with van der Waals surface area (Å²) in [5.41, 5.74) is 2.17. The Kier molecular flexibility index (Phi) is 5.47. The van der Waals surface area contributed by atoms with Gasteiger partial charge in [0.2, 0.25) is 6.08 Å². The second kappa shape index (κ2) is 6.87. The first kappa shape index (κ1) is 15.9. The number of hydrogen-bond donors (Lipinski definition) is 1. The van der Waals surface area contributed by atoms with E-state index in [-0.39, 0.29) is 0 Å². The number of nitrogens with one attached hydrogen (secondary N) is 1. The van der Waals surface area contributed by atoms with Crippen molar-refractivity contribution in [3.05, 3.63) is 29.3 Å². The van der Waals surface area contributed by atoms with Gasteiger partial charge in [-0.1, -0.05) is 12.1 Å². The van der Waals surface area contributed by atoms with Crippen LogP contribution in [0.5, 0.6) is 0 Å². The van der Waals surface area contributed by atoms with E-state index in [4.69, 9.17) is 4.74 Å². The van der Waals surface area contributed by atoms with Crippen molar-refractivity contribution >= 4 is 17.9 Å². The summed E-state index contributed by atoms with van der Waals surface area (Å²) in [7, 11) is 0. The van der Waals surface area contributed by atoms with Crippen molar-refractivity contribution in [2.45, 2.75) is 39.7 Å². The SMILES string of the molecule is Cc1cc(CCN=C=O)ccc1NC(=O)OC(C)(C)C. The summed E-state index contributed by atoms with van der Waals surface area (Å²) in [5.74, 6) is 0. The van der Waals surface area contributed by atoms with Gasteiger partial charge in [-0.05, 0) is 51.3 Å². The van der Waals surface area contributed by atoms with Crippen molar-refractivity contribution in [3.8, 4) is 0 Å². The second-order valence-electron chi connectivity index (χ2n) is 5.50. The number of aliphatic imine (C=N–C) groups is 1. The van der Waals surface area contributed by atoms with Gasteiger partial charge < -0.3 is 4.74 Å². The first-order valence-electron chi connectivity index (χ1n) is 6.45. The molecular formula is C15H20N2O3. The van der Waals surface area contributed by atoms with Crippen LogP contribution < -0.4 is 5.32 Å². The smallest absolute Gasteiger partial charge is 0.412 e. The largest absolute Gasteiger partial charge is 0.444 e. The lowest BCUT2D eigenvalue weighted by atomic mass is 10.1. The Morgan fingerprint density at radius 1 is 1.40 bits per heavy atom. The molecule has 0 unspecified atom stereocenters. The topological polar surface area (TPSA) is 67.8 Å². The molecule has 0 aromatic heterocycles. The molecule has 1 N–H and O–H groups in total. The van der Waals surface area contributed by atoms with Gasteiger partial charge in [-0.25, -0.2) is 14.6 Å². The number of carbonyl (C=O) groups excluding carboxylic acids is 2. The molecular weight excluding hydrogens is 256 g/mol. The molecule has 0 aliphatic carbocycles. The maximum Gasteiger partial charge on any atom is 0.412 e. The summed E-state index contributed by atoms with van der Waals surface area (Å²) >= 11 is 0. The predicted molar refractivity (Wildman–Crippen MR) is 77.7 cm³/mol. The lowest BCUT2D eigenvalue weighted by Gasteiger charge is -2.20. The number of hydrogen-bond acceptors (Lipinski definition) is 4. The average Bonchev–Trinajstić information content (AvgIpc) is 2.30. The molecule has 0 radical (unpaired) electrons. The van der Waals surface area contributed by atoms with E-state index >= 15 is 0 Å². The van der Waals surface area contributed by atoms with Gasteiger partial charge in [-0.2, -0.15) is 0 Å². The minimum atomic E-state index is -0.523. The fraction of sp³-hybridized carbons (Fsp3) is 0.467. The lowest BCUT2D eigenvalue weighted by molar-refractivity contribution is 0.0636. The van der Waals surface area contributed by atoms with Gasteiger partial charge in [0.25, 0.3) is 0 Å². The van der Waals surface area contributed by atoms with Crippen LogP contribution in [0.1, 0.15) is 31.9 Å². The van der Waals surface area contributed by atoms with E-state index in [9.17, 15) is 9.59 Å². The monoisotopic (exact) mass is 276 g/mol. The Hall–Kier alpha value is -2.13. The Morgan fingerprint density at radius 2 is 2.10 bits per heavy atom. The molecule has 5 heteroatoms. The van der Waals surface area contributed by atoms with Crippen LogP contribution in [0.4, 0.5) is 10.5 Å². The van der Waals surface area contributed by atoms with Gasteiger partial charge in [-0.3, -0.25) is 5.32 Å². The average molecular weight is 276 g/mol. The molecule has 0 aliphatic rings. The molecule has 0 fully saturated rings. The van der Waals surface area contributed by atoms with Crippen molar-refractivity contribution in [1.82, 2.24) is 0 Å². The Balaban J connectivity index is 2.68. The van der Waals surface area contributed by atoms with Gasteiger partial charge in [0.15, 0.2) is 0 Å². The quantitative estimate of drug-likeness (QED) is 0.678. The predicted octanol–water partition coefficient (Wildman–Crippen LogP) is 3.22. The molecule has 1 rings (SSSR count). The standard InChI is InChI=1S/C15H20N2O3/c1-11-9-12(7-8-16-10-18)5-6-13(11)17-14(19)20-15(2,3)4/h5-6,9H,7-8H2,1-4H3,(H,17,19).